The van der Waals surface area contributed by atoms with Gasteiger partial charge >= 0.3 is 0 Å². The average Bonchev–Trinajstić information content (AvgIpc) is 2.56. The zero-order valence-corrected chi connectivity index (χ0v) is 14.4. The average molecular weight is 382 g/mol. The number of carbonyl (C=O) groups is 1. The van der Waals surface area contributed by atoms with Crippen LogP contribution in [0.5, 0.6) is 11.5 Å². The van der Waals surface area contributed by atoms with Crippen LogP contribution < -0.4 is 9.47 Å². The summed E-state index contributed by atoms with van der Waals surface area (Å²) < 4.78 is 11.2. The maximum Gasteiger partial charge on any atom is 0.194 e. The summed E-state index contributed by atoms with van der Waals surface area (Å²) in [5, 5.41) is 0. The first-order valence-electron chi connectivity index (χ1n) is 6.43. The molecule has 0 saturated carbocycles. The van der Waals surface area contributed by atoms with E-state index in [0.717, 1.165) is 4.47 Å². The molecule has 0 radical (unpaired) electrons. The lowest BCUT2D eigenvalue weighted by Crippen LogP contribution is -2.04. The van der Waals surface area contributed by atoms with E-state index < -0.39 is 0 Å². The lowest BCUT2D eigenvalue weighted by atomic mass is 9.97. The number of hydrogen-bond donors (Lipinski definition) is 0. The highest BCUT2D eigenvalue weighted by Gasteiger charge is 2.18. The maximum atomic E-state index is 12.7. The van der Waals surface area contributed by atoms with Crippen molar-refractivity contribution in [2.75, 3.05) is 14.2 Å². The van der Waals surface area contributed by atoms with Gasteiger partial charge in [0.2, 0.25) is 0 Å². The van der Waals surface area contributed by atoms with Crippen molar-refractivity contribution in [1.29, 1.82) is 0 Å². The highest BCUT2D eigenvalue weighted by atomic mass is 79.9. The van der Waals surface area contributed by atoms with Crippen LogP contribution in [-0.4, -0.2) is 20.0 Å². The Kier molecular flexibility index (Phi) is 5.63. The normalized spacial score (nSPS) is 11.2. The minimum absolute atomic E-state index is 0.186. The molecule has 0 saturated heterocycles. The summed E-state index contributed by atoms with van der Waals surface area (Å²) in [7, 11) is 3.13. The second-order valence-electron chi connectivity index (χ2n) is 4.43. The Morgan fingerprint density at radius 1 is 1.09 bits per heavy atom. The number of allylic oxidation sites excluding steroid dienone is 1. The van der Waals surface area contributed by atoms with Gasteiger partial charge in [-0.2, -0.15) is 0 Å². The molecule has 22 heavy (non-hydrogen) atoms. The minimum atomic E-state index is -0.186. The van der Waals surface area contributed by atoms with Gasteiger partial charge in [-0.25, -0.2) is 0 Å². The molecular weight excluding hydrogens is 368 g/mol. The lowest BCUT2D eigenvalue weighted by Gasteiger charge is -2.12. The lowest BCUT2D eigenvalue weighted by molar-refractivity contribution is 0.105. The Balaban J connectivity index is 2.43. The fourth-order valence-corrected chi connectivity index (χ4v) is 2.60. The first-order valence-corrected chi connectivity index (χ1v) is 7.66. The van der Waals surface area contributed by atoms with Crippen LogP contribution in [-0.2, 0) is 0 Å². The van der Waals surface area contributed by atoms with Crippen LogP contribution in [0.3, 0.4) is 0 Å². The SMILES string of the molecule is COc1ccc(C(=O)/C(=C\Cl)c2cc(Br)ccc2OC)cc1. The third-order valence-electron chi connectivity index (χ3n) is 3.16. The van der Waals surface area contributed by atoms with Crippen molar-refractivity contribution in [2.45, 2.75) is 0 Å². The van der Waals surface area contributed by atoms with Crippen LogP contribution >= 0.6 is 27.5 Å². The minimum Gasteiger partial charge on any atom is -0.497 e. The van der Waals surface area contributed by atoms with E-state index in [1.807, 2.05) is 6.07 Å². The largest absolute Gasteiger partial charge is 0.497 e. The molecule has 3 nitrogen and oxygen atoms in total. The number of halogens is 2. The standard InChI is InChI=1S/C17H14BrClO3/c1-21-13-6-3-11(4-7-13)17(20)15(10-19)14-9-12(18)5-8-16(14)22-2/h3-10H,1-2H3/b15-10-. The Hall–Kier alpha value is -1.78. The van der Waals surface area contributed by atoms with E-state index in [4.69, 9.17) is 21.1 Å². The molecule has 0 aliphatic heterocycles. The molecule has 0 unspecified atom stereocenters. The van der Waals surface area contributed by atoms with E-state index in [9.17, 15) is 4.79 Å². The molecular formula is C17H14BrClO3. The number of hydrogen-bond acceptors (Lipinski definition) is 3. The molecule has 0 N–H and O–H groups in total. The predicted molar refractivity (Wildman–Crippen MR) is 91.8 cm³/mol. The Labute approximate surface area is 142 Å². The smallest absolute Gasteiger partial charge is 0.194 e. The van der Waals surface area contributed by atoms with Crippen LogP contribution in [0.2, 0.25) is 0 Å². The molecule has 0 spiro atoms. The van der Waals surface area contributed by atoms with Crippen LogP contribution in [0.4, 0.5) is 0 Å². The molecule has 0 bridgehead atoms. The van der Waals surface area contributed by atoms with Crippen molar-refractivity contribution in [3.05, 3.63) is 63.6 Å². The molecule has 5 heteroatoms. The molecule has 0 aliphatic rings. The van der Waals surface area contributed by atoms with Crippen LogP contribution in [0.1, 0.15) is 15.9 Å². The number of carbonyl (C=O) groups excluding carboxylic acids is 1. The van der Waals surface area contributed by atoms with Crippen LogP contribution in [0.25, 0.3) is 5.57 Å². The monoisotopic (exact) mass is 380 g/mol. The van der Waals surface area contributed by atoms with Crippen molar-refractivity contribution in [3.8, 4) is 11.5 Å². The molecule has 0 heterocycles. The number of ketones is 1. The molecule has 2 aromatic rings. The van der Waals surface area contributed by atoms with Crippen molar-refractivity contribution in [2.24, 2.45) is 0 Å². The van der Waals surface area contributed by atoms with Gasteiger partial charge in [0, 0.05) is 26.7 Å². The highest BCUT2D eigenvalue weighted by molar-refractivity contribution is 9.10. The fraction of sp³-hybridized carbons (Fsp3) is 0.118. The van der Waals surface area contributed by atoms with Gasteiger partial charge in [-0.1, -0.05) is 27.5 Å². The van der Waals surface area contributed by atoms with Crippen molar-refractivity contribution < 1.29 is 14.3 Å². The van der Waals surface area contributed by atoms with Gasteiger partial charge in [0.1, 0.15) is 11.5 Å². The summed E-state index contributed by atoms with van der Waals surface area (Å²) in [6, 6.07) is 12.3. The summed E-state index contributed by atoms with van der Waals surface area (Å²) in [6.45, 7) is 0. The molecule has 114 valence electrons. The van der Waals surface area contributed by atoms with Crippen molar-refractivity contribution >= 4 is 38.9 Å². The van der Waals surface area contributed by atoms with E-state index in [0.29, 0.717) is 28.2 Å². The summed E-state index contributed by atoms with van der Waals surface area (Å²) in [4.78, 5) is 12.7. The van der Waals surface area contributed by atoms with E-state index in [2.05, 4.69) is 15.9 Å². The first-order chi connectivity index (χ1) is 10.6. The number of benzene rings is 2. The van der Waals surface area contributed by atoms with Gasteiger partial charge in [-0.05, 0) is 42.5 Å². The highest BCUT2D eigenvalue weighted by Crippen LogP contribution is 2.32. The second-order valence-corrected chi connectivity index (χ2v) is 5.56. The fourth-order valence-electron chi connectivity index (χ4n) is 2.02. The summed E-state index contributed by atoms with van der Waals surface area (Å²) >= 11 is 9.30. The van der Waals surface area contributed by atoms with Crippen LogP contribution in [0, 0.1) is 0 Å². The predicted octanol–water partition coefficient (Wildman–Crippen LogP) is 4.93. The summed E-state index contributed by atoms with van der Waals surface area (Å²) in [5.74, 6) is 1.08. The number of ether oxygens (including phenoxy) is 2. The molecule has 0 amide bonds. The third kappa shape index (κ3) is 3.51. The van der Waals surface area contributed by atoms with Gasteiger partial charge < -0.3 is 9.47 Å². The molecule has 0 aromatic heterocycles. The molecule has 0 atom stereocenters. The Morgan fingerprint density at radius 2 is 1.77 bits per heavy atom. The first kappa shape index (κ1) is 16.6. The Bertz CT molecular complexity index is 708. The van der Waals surface area contributed by atoms with Crippen molar-refractivity contribution in [1.82, 2.24) is 0 Å². The van der Waals surface area contributed by atoms with Gasteiger partial charge in [0.25, 0.3) is 0 Å². The van der Waals surface area contributed by atoms with E-state index in [1.165, 1.54) is 5.54 Å². The third-order valence-corrected chi connectivity index (χ3v) is 3.87. The zero-order valence-electron chi connectivity index (χ0n) is 12.1. The number of Topliss-reactive ketones (excluding diaryl/α,β-unsaturated/α-hetero) is 1. The zero-order chi connectivity index (χ0) is 16.1. The summed E-state index contributed by atoms with van der Waals surface area (Å²) in [5.41, 5.74) is 2.80. The quantitative estimate of drug-likeness (QED) is 0.544. The molecule has 2 aromatic carbocycles. The number of rotatable bonds is 5. The van der Waals surface area contributed by atoms with E-state index in [1.54, 1.807) is 50.6 Å². The maximum absolute atomic E-state index is 12.7. The van der Waals surface area contributed by atoms with Crippen LogP contribution in [0.15, 0.2) is 52.5 Å². The van der Waals surface area contributed by atoms with Crippen molar-refractivity contribution in [3.63, 3.8) is 0 Å². The molecule has 2 rings (SSSR count). The van der Waals surface area contributed by atoms with Gasteiger partial charge in [0.05, 0.1) is 14.2 Å². The second kappa shape index (κ2) is 7.47. The van der Waals surface area contributed by atoms with Gasteiger partial charge in [-0.15, -0.1) is 0 Å². The van der Waals surface area contributed by atoms with Gasteiger partial charge in [-0.3, -0.25) is 4.79 Å². The Morgan fingerprint density at radius 3 is 2.32 bits per heavy atom. The molecule has 0 aliphatic carbocycles. The summed E-state index contributed by atoms with van der Waals surface area (Å²) in [6.07, 6.45) is 0. The topological polar surface area (TPSA) is 35.5 Å². The number of methoxy groups -OCH3 is 2. The van der Waals surface area contributed by atoms with Gasteiger partial charge in [0.15, 0.2) is 5.78 Å². The van der Waals surface area contributed by atoms with E-state index >= 15 is 0 Å². The molecule has 0 fully saturated rings. The van der Waals surface area contributed by atoms with E-state index in [-0.39, 0.29) is 5.78 Å².